The summed E-state index contributed by atoms with van der Waals surface area (Å²) in [6, 6.07) is 5.37. The highest BCUT2D eigenvalue weighted by atomic mass is 35.5. The zero-order chi connectivity index (χ0) is 12.8. The molecular weight excluding hydrogens is 257 g/mol. The maximum Gasteiger partial charge on any atom is 0.243 e. The van der Waals surface area contributed by atoms with Crippen LogP contribution in [0.5, 0.6) is 0 Å². The van der Waals surface area contributed by atoms with E-state index in [4.69, 9.17) is 23.2 Å². The molecule has 1 amide bonds. The standard InChI is InChI=1S/C13H15Cl2NO/c1-9(2)7-13(17)16-6-5-10-3-4-11(14)8-12(10)15/h3-4,7-8H,5-6H2,1-2H3,(H,16,17). The Morgan fingerprint density at radius 2 is 2.06 bits per heavy atom. The van der Waals surface area contributed by atoms with Gasteiger partial charge in [0, 0.05) is 22.7 Å². The van der Waals surface area contributed by atoms with E-state index in [1.165, 1.54) is 0 Å². The first-order valence-corrected chi connectivity index (χ1v) is 6.11. The van der Waals surface area contributed by atoms with Gasteiger partial charge >= 0.3 is 0 Å². The Labute approximate surface area is 112 Å². The first-order valence-electron chi connectivity index (χ1n) is 5.35. The second kappa shape index (κ2) is 6.67. The Bertz CT molecular complexity index is 437. The number of carbonyl (C=O) groups is 1. The molecular formula is C13H15Cl2NO. The minimum absolute atomic E-state index is 0.0740. The van der Waals surface area contributed by atoms with E-state index in [9.17, 15) is 4.79 Å². The number of amides is 1. The monoisotopic (exact) mass is 271 g/mol. The van der Waals surface area contributed by atoms with Crippen LogP contribution in [0, 0.1) is 0 Å². The summed E-state index contributed by atoms with van der Waals surface area (Å²) >= 11 is 11.8. The lowest BCUT2D eigenvalue weighted by atomic mass is 10.1. The minimum atomic E-state index is -0.0740. The highest BCUT2D eigenvalue weighted by molar-refractivity contribution is 6.35. The summed E-state index contributed by atoms with van der Waals surface area (Å²) < 4.78 is 0. The van der Waals surface area contributed by atoms with Crippen molar-refractivity contribution in [2.45, 2.75) is 20.3 Å². The van der Waals surface area contributed by atoms with Crippen LogP contribution >= 0.6 is 23.2 Å². The van der Waals surface area contributed by atoms with Gasteiger partial charge in [0.15, 0.2) is 0 Å². The molecule has 0 spiro atoms. The highest BCUT2D eigenvalue weighted by Gasteiger charge is 2.02. The predicted octanol–water partition coefficient (Wildman–Crippen LogP) is 3.62. The molecule has 1 N–H and O–H groups in total. The van der Waals surface area contributed by atoms with E-state index in [1.54, 1.807) is 18.2 Å². The van der Waals surface area contributed by atoms with Crippen LogP contribution in [0.3, 0.4) is 0 Å². The molecule has 0 aliphatic rings. The van der Waals surface area contributed by atoms with Crippen molar-refractivity contribution >= 4 is 29.1 Å². The second-order valence-electron chi connectivity index (χ2n) is 4.00. The molecule has 1 rings (SSSR count). The molecule has 17 heavy (non-hydrogen) atoms. The fraction of sp³-hybridized carbons (Fsp3) is 0.308. The molecule has 92 valence electrons. The van der Waals surface area contributed by atoms with Gasteiger partial charge in [0.2, 0.25) is 5.91 Å². The third-order valence-electron chi connectivity index (χ3n) is 2.13. The van der Waals surface area contributed by atoms with Crippen molar-refractivity contribution in [1.82, 2.24) is 5.32 Å². The van der Waals surface area contributed by atoms with Gasteiger partial charge in [0.25, 0.3) is 0 Å². The van der Waals surface area contributed by atoms with Crippen LogP contribution < -0.4 is 5.32 Å². The first kappa shape index (κ1) is 14.1. The van der Waals surface area contributed by atoms with Gasteiger partial charge in [-0.1, -0.05) is 34.8 Å². The topological polar surface area (TPSA) is 29.1 Å². The first-order chi connectivity index (χ1) is 7.99. The number of nitrogens with one attached hydrogen (secondary N) is 1. The quantitative estimate of drug-likeness (QED) is 0.833. The van der Waals surface area contributed by atoms with Gasteiger partial charge < -0.3 is 5.32 Å². The van der Waals surface area contributed by atoms with Crippen molar-refractivity contribution in [2.75, 3.05) is 6.54 Å². The van der Waals surface area contributed by atoms with Gasteiger partial charge in [0.05, 0.1) is 0 Å². The molecule has 0 aliphatic heterocycles. The Balaban J connectivity index is 2.46. The average Bonchev–Trinajstić information content (AvgIpc) is 2.20. The summed E-state index contributed by atoms with van der Waals surface area (Å²) in [5.74, 6) is -0.0740. The zero-order valence-electron chi connectivity index (χ0n) is 9.89. The molecule has 0 saturated carbocycles. The number of rotatable bonds is 4. The van der Waals surface area contributed by atoms with Gasteiger partial charge in [-0.15, -0.1) is 0 Å². The molecule has 0 fully saturated rings. The molecule has 0 radical (unpaired) electrons. The lowest BCUT2D eigenvalue weighted by Crippen LogP contribution is -2.23. The fourth-order valence-electron chi connectivity index (χ4n) is 1.36. The number of allylic oxidation sites excluding steroid dienone is 1. The van der Waals surface area contributed by atoms with E-state index < -0.39 is 0 Å². The largest absolute Gasteiger partial charge is 0.352 e. The summed E-state index contributed by atoms with van der Waals surface area (Å²) in [7, 11) is 0. The SMILES string of the molecule is CC(C)=CC(=O)NCCc1ccc(Cl)cc1Cl. The van der Waals surface area contributed by atoms with E-state index in [2.05, 4.69) is 5.32 Å². The molecule has 2 nitrogen and oxygen atoms in total. The van der Waals surface area contributed by atoms with Crippen molar-refractivity contribution in [3.05, 3.63) is 45.5 Å². The summed E-state index contributed by atoms with van der Waals surface area (Å²) in [6.07, 6.45) is 2.27. The summed E-state index contributed by atoms with van der Waals surface area (Å²) in [4.78, 5) is 11.3. The van der Waals surface area contributed by atoms with E-state index in [1.807, 2.05) is 19.9 Å². The lowest BCUT2D eigenvalue weighted by Gasteiger charge is -2.05. The third kappa shape index (κ3) is 5.24. The number of carbonyl (C=O) groups excluding carboxylic acids is 1. The van der Waals surface area contributed by atoms with Crippen LogP contribution in [0.2, 0.25) is 10.0 Å². The maximum atomic E-state index is 11.3. The summed E-state index contributed by atoms with van der Waals surface area (Å²) in [5.41, 5.74) is 1.96. The van der Waals surface area contributed by atoms with Crippen LogP contribution in [0.1, 0.15) is 19.4 Å². The van der Waals surface area contributed by atoms with Gasteiger partial charge in [0.1, 0.15) is 0 Å². The Morgan fingerprint density at radius 1 is 1.35 bits per heavy atom. The molecule has 0 aromatic heterocycles. The van der Waals surface area contributed by atoms with Crippen LogP contribution in [-0.4, -0.2) is 12.5 Å². The zero-order valence-corrected chi connectivity index (χ0v) is 11.4. The van der Waals surface area contributed by atoms with Gasteiger partial charge in [-0.25, -0.2) is 0 Å². The third-order valence-corrected chi connectivity index (χ3v) is 2.72. The highest BCUT2D eigenvalue weighted by Crippen LogP contribution is 2.20. The Hall–Kier alpha value is -0.990. The van der Waals surface area contributed by atoms with Crippen LogP contribution in [-0.2, 0) is 11.2 Å². The van der Waals surface area contributed by atoms with Crippen molar-refractivity contribution in [3.63, 3.8) is 0 Å². The van der Waals surface area contributed by atoms with Crippen LogP contribution in [0.15, 0.2) is 29.8 Å². The van der Waals surface area contributed by atoms with Gasteiger partial charge in [-0.2, -0.15) is 0 Å². The molecule has 0 atom stereocenters. The Kier molecular flexibility index (Phi) is 5.52. The number of hydrogen-bond acceptors (Lipinski definition) is 1. The van der Waals surface area contributed by atoms with E-state index in [0.717, 1.165) is 11.1 Å². The van der Waals surface area contributed by atoms with Crippen LogP contribution in [0.25, 0.3) is 0 Å². The number of halogens is 2. The lowest BCUT2D eigenvalue weighted by molar-refractivity contribution is -0.116. The van der Waals surface area contributed by atoms with E-state index >= 15 is 0 Å². The minimum Gasteiger partial charge on any atom is -0.352 e. The van der Waals surface area contributed by atoms with Gasteiger partial charge in [-0.05, 0) is 38.0 Å². The molecule has 0 bridgehead atoms. The van der Waals surface area contributed by atoms with Crippen LogP contribution in [0.4, 0.5) is 0 Å². The predicted molar refractivity (Wildman–Crippen MR) is 72.6 cm³/mol. The smallest absolute Gasteiger partial charge is 0.243 e. The summed E-state index contributed by atoms with van der Waals surface area (Å²) in [6.45, 7) is 4.33. The van der Waals surface area contributed by atoms with Crippen molar-refractivity contribution in [1.29, 1.82) is 0 Å². The van der Waals surface area contributed by atoms with E-state index in [-0.39, 0.29) is 5.91 Å². The molecule has 0 saturated heterocycles. The molecule has 0 aliphatic carbocycles. The molecule has 0 heterocycles. The van der Waals surface area contributed by atoms with E-state index in [0.29, 0.717) is 23.0 Å². The molecule has 4 heteroatoms. The molecule has 1 aromatic carbocycles. The second-order valence-corrected chi connectivity index (χ2v) is 4.84. The molecule has 0 unspecified atom stereocenters. The summed E-state index contributed by atoms with van der Waals surface area (Å²) in [5, 5.41) is 4.05. The normalized spacial score (nSPS) is 9.88. The number of benzene rings is 1. The van der Waals surface area contributed by atoms with Crippen molar-refractivity contribution in [3.8, 4) is 0 Å². The molecule has 1 aromatic rings. The fourth-order valence-corrected chi connectivity index (χ4v) is 1.86. The van der Waals surface area contributed by atoms with Crippen molar-refractivity contribution in [2.24, 2.45) is 0 Å². The van der Waals surface area contributed by atoms with Gasteiger partial charge in [-0.3, -0.25) is 4.79 Å². The maximum absolute atomic E-state index is 11.3. The average molecular weight is 272 g/mol. The Morgan fingerprint density at radius 3 is 2.65 bits per heavy atom. The number of hydrogen-bond donors (Lipinski definition) is 1. The van der Waals surface area contributed by atoms with Crippen molar-refractivity contribution < 1.29 is 4.79 Å².